The monoisotopic (exact) mass is 175 g/mol. The van der Waals surface area contributed by atoms with Crippen molar-refractivity contribution in [3.05, 3.63) is 34.9 Å². The van der Waals surface area contributed by atoms with Crippen LogP contribution in [0.1, 0.15) is 42.5 Å². The molecule has 70 valence electrons. The van der Waals surface area contributed by atoms with E-state index in [0.29, 0.717) is 6.04 Å². The van der Waals surface area contributed by atoms with E-state index < -0.39 is 0 Å². The summed E-state index contributed by atoms with van der Waals surface area (Å²) < 4.78 is 0. The summed E-state index contributed by atoms with van der Waals surface area (Å²) in [5.74, 6) is 0. The molecule has 1 heteroatoms. The van der Waals surface area contributed by atoms with Crippen LogP contribution in [-0.2, 0) is 12.8 Å². The third-order valence-electron chi connectivity index (χ3n) is 2.87. The van der Waals surface area contributed by atoms with E-state index >= 15 is 0 Å². The van der Waals surface area contributed by atoms with E-state index in [0.717, 1.165) is 6.42 Å². The van der Waals surface area contributed by atoms with Crippen LogP contribution in [0.5, 0.6) is 0 Å². The summed E-state index contributed by atoms with van der Waals surface area (Å²) in [7, 11) is 0. The normalized spacial score (nSPS) is 20.3. The van der Waals surface area contributed by atoms with Crippen LogP contribution in [0.3, 0.4) is 0 Å². The molecule has 1 unspecified atom stereocenters. The van der Waals surface area contributed by atoms with Gasteiger partial charge >= 0.3 is 0 Å². The Morgan fingerprint density at radius 2 is 2.31 bits per heavy atom. The molecule has 2 N–H and O–H groups in total. The highest BCUT2D eigenvalue weighted by Crippen LogP contribution is 2.29. The Morgan fingerprint density at radius 1 is 1.46 bits per heavy atom. The van der Waals surface area contributed by atoms with Gasteiger partial charge in [-0.25, -0.2) is 0 Å². The molecule has 0 radical (unpaired) electrons. The maximum Gasteiger partial charge on any atom is 0.0300 e. The van der Waals surface area contributed by atoms with Crippen LogP contribution in [0.25, 0.3) is 0 Å². The van der Waals surface area contributed by atoms with Crippen molar-refractivity contribution in [3.63, 3.8) is 0 Å². The van der Waals surface area contributed by atoms with Gasteiger partial charge in [0.05, 0.1) is 0 Å². The second-order valence-corrected chi connectivity index (χ2v) is 3.93. The van der Waals surface area contributed by atoms with Crippen molar-refractivity contribution in [1.29, 1.82) is 0 Å². The number of fused-ring (bicyclic) bond motifs is 1. The summed E-state index contributed by atoms with van der Waals surface area (Å²) in [5, 5.41) is 0. The molecular weight excluding hydrogens is 158 g/mol. The minimum Gasteiger partial charge on any atom is -0.324 e. The number of rotatable bonds is 2. The summed E-state index contributed by atoms with van der Waals surface area (Å²) in [5.41, 5.74) is 10.3. The maximum absolute atomic E-state index is 6.01. The van der Waals surface area contributed by atoms with Gasteiger partial charge in [0.1, 0.15) is 0 Å². The van der Waals surface area contributed by atoms with E-state index in [4.69, 9.17) is 5.73 Å². The molecule has 13 heavy (non-hydrogen) atoms. The van der Waals surface area contributed by atoms with Crippen molar-refractivity contribution in [1.82, 2.24) is 0 Å². The van der Waals surface area contributed by atoms with Crippen molar-refractivity contribution in [2.75, 3.05) is 0 Å². The molecule has 1 aliphatic carbocycles. The van der Waals surface area contributed by atoms with Crippen molar-refractivity contribution < 1.29 is 0 Å². The molecule has 0 saturated carbocycles. The quantitative estimate of drug-likeness (QED) is 0.734. The van der Waals surface area contributed by atoms with Gasteiger partial charge in [0, 0.05) is 6.04 Å². The average molecular weight is 175 g/mol. The molecule has 0 spiro atoms. The molecule has 2 rings (SSSR count). The number of hydrogen-bond acceptors (Lipinski definition) is 1. The smallest absolute Gasteiger partial charge is 0.0300 e. The molecule has 0 amide bonds. The molecule has 0 bridgehead atoms. The zero-order valence-electron chi connectivity index (χ0n) is 8.22. The molecule has 1 aromatic carbocycles. The van der Waals surface area contributed by atoms with Crippen molar-refractivity contribution in [2.45, 2.75) is 38.6 Å². The molecule has 1 aromatic rings. The van der Waals surface area contributed by atoms with Gasteiger partial charge < -0.3 is 5.73 Å². The van der Waals surface area contributed by atoms with Crippen LogP contribution < -0.4 is 5.73 Å². The van der Waals surface area contributed by atoms with E-state index in [1.807, 2.05) is 0 Å². The van der Waals surface area contributed by atoms with Crippen LogP contribution >= 0.6 is 0 Å². The van der Waals surface area contributed by atoms with Crippen LogP contribution in [0, 0.1) is 0 Å². The first-order valence-corrected chi connectivity index (χ1v) is 5.18. The molecule has 1 atom stereocenters. The lowest BCUT2D eigenvalue weighted by molar-refractivity contribution is 0.712. The Hall–Kier alpha value is -0.820. The van der Waals surface area contributed by atoms with Gasteiger partial charge in [-0.05, 0) is 36.0 Å². The topological polar surface area (TPSA) is 26.0 Å². The highest BCUT2D eigenvalue weighted by molar-refractivity contribution is 5.37. The first-order chi connectivity index (χ1) is 6.31. The zero-order chi connectivity index (χ0) is 9.26. The molecule has 0 fully saturated rings. The Balaban J connectivity index is 2.31. The molecule has 1 nitrogen and oxygen atoms in total. The second kappa shape index (κ2) is 3.51. The SMILES string of the molecule is CCCc1ccc2c(c1)C(N)CC2. The predicted molar refractivity (Wildman–Crippen MR) is 55.7 cm³/mol. The Bertz CT molecular complexity index is 304. The molecule has 0 aliphatic heterocycles. The van der Waals surface area contributed by atoms with Gasteiger partial charge in [-0.2, -0.15) is 0 Å². The molecule has 0 aromatic heterocycles. The fourth-order valence-electron chi connectivity index (χ4n) is 2.13. The third kappa shape index (κ3) is 1.61. The zero-order valence-corrected chi connectivity index (χ0v) is 8.22. The summed E-state index contributed by atoms with van der Waals surface area (Å²) in [6, 6.07) is 7.11. The van der Waals surface area contributed by atoms with Gasteiger partial charge in [0.15, 0.2) is 0 Å². The van der Waals surface area contributed by atoms with E-state index in [2.05, 4.69) is 25.1 Å². The highest BCUT2D eigenvalue weighted by Gasteiger charge is 2.18. The van der Waals surface area contributed by atoms with Crippen molar-refractivity contribution in [2.24, 2.45) is 5.73 Å². The minimum absolute atomic E-state index is 0.298. The third-order valence-corrected chi connectivity index (χ3v) is 2.87. The molecule has 1 aliphatic rings. The summed E-state index contributed by atoms with van der Waals surface area (Å²) in [4.78, 5) is 0. The van der Waals surface area contributed by atoms with Gasteiger partial charge in [0.25, 0.3) is 0 Å². The largest absolute Gasteiger partial charge is 0.324 e. The van der Waals surface area contributed by atoms with E-state index in [1.165, 1.54) is 36.0 Å². The van der Waals surface area contributed by atoms with E-state index in [-0.39, 0.29) is 0 Å². The molecular formula is C12H17N. The number of benzene rings is 1. The van der Waals surface area contributed by atoms with Crippen LogP contribution in [0.4, 0.5) is 0 Å². The van der Waals surface area contributed by atoms with E-state index in [1.54, 1.807) is 0 Å². The number of hydrogen-bond donors (Lipinski definition) is 1. The van der Waals surface area contributed by atoms with Crippen LogP contribution in [-0.4, -0.2) is 0 Å². The minimum atomic E-state index is 0.298. The summed E-state index contributed by atoms with van der Waals surface area (Å²) in [6.45, 7) is 2.22. The van der Waals surface area contributed by atoms with Gasteiger partial charge in [-0.15, -0.1) is 0 Å². The fraction of sp³-hybridized carbons (Fsp3) is 0.500. The predicted octanol–water partition coefficient (Wildman–Crippen LogP) is 2.59. The lowest BCUT2D eigenvalue weighted by Crippen LogP contribution is -2.05. The number of aryl methyl sites for hydroxylation is 2. The molecule has 0 saturated heterocycles. The van der Waals surface area contributed by atoms with Gasteiger partial charge in [-0.1, -0.05) is 31.5 Å². The first kappa shape index (κ1) is 8.76. The van der Waals surface area contributed by atoms with Gasteiger partial charge in [0.2, 0.25) is 0 Å². The number of nitrogens with two attached hydrogens (primary N) is 1. The van der Waals surface area contributed by atoms with Crippen LogP contribution in [0.2, 0.25) is 0 Å². The van der Waals surface area contributed by atoms with Crippen molar-refractivity contribution in [3.8, 4) is 0 Å². The Labute approximate surface area is 80.0 Å². The molecule has 0 heterocycles. The fourth-order valence-corrected chi connectivity index (χ4v) is 2.13. The summed E-state index contributed by atoms with van der Waals surface area (Å²) in [6.07, 6.45) is 4.70. The average Bonchev–Trinajstić information content (AvgIpc) is 2.49. The Morgan fingerprint density at radius 3 is 3.08 bits per heavy atom. The lowest BCUT2D eigenvalue weighted by Gasteiger charge is -2.06. The summed E-state index contributed by atoms with van der Waals surface area (Å²) >= 11 is 0. The van der Waals surface area contributed by atoms with Crippen LogP contribution in [0.15, 0.2) is 18.2 Å². The highest BCUT2D eigenvalue weighted by atomic mass is 14.6. The first-order valence-electron chi connectivity index (χ1n) is 5.18. The van der Waals surface area contributed by atoms with Crippen molar-refractivity contribution >= 4 is 0 Å². The lowest BCUT2D eigenvalue weighted by atomic mass is 10.0. The maximum atomic E-state index is 6.01. The standard InChI is InChI=1S/C12H17N/c1-2-3-9-4-5-10-6-7-12(13)11(10)8-9/h4-5,8,12H,2-3,6-7,13H2,1H3. The van der Waals surface area contributed by atoms with Gasteiger partial charge in [-0.3, -0.25) is 0 Å². The second-order valence-electron chi connectivity index (χ2n) is 3.93. The Kier molecular flexibility index (Phi) is 2.36. The van der Waals surface area contributed by atoms with E-state index in [9.17, 15) is 0 Å².